The second-order valence-electron chi connectivity index (χ2n) is 8.31. The van der Waals surface area contributed by atoms with Crippen LogP contribution in [0, 0.1) is 0 Å². The molecule has 2 aromatic carbocycles. The molecule has 4 rings (SSSR count). The Morgan fingerprint density at radius 1 is 1.00 bits per heavy atom. The van der Waals surface area contributed by atoms with Crippen molar-refractivity contribution in [3.05, 3.63) is 54.1 Å². The van der Waals surface area contributed by atoms with Gasteiger partial charge in [-0.2, -0.15) is 0 Å². The molecule has 0 unspecified atom stereocenters. The molecule has 28 heavy (non-hydrogen) atoms. The van der Waals surface area contributed by atoms with Crippen LogP contribution < -0.4 is 4.90 Å². The fourth-order valence-corrected chi connectivity index (χ4v) is 3.64. The fraction of sp³-hybridized carbons (Fsp3) is 0.318. The summed E-state index contributed by atoms with van der Waals surface area (Å²) in [7, 11) is 3.56. The molecule has 6 nitrogen and oxygen atoms in total. The van der Waals surface area contributed by atoms with Gasteiger partial charge in [0.25, 0.3) is 0 Å². The summed E-state index contributed by atoms with van der Waals surface area (Å²) in [5.74, 6) is 0. The first-order valence-corrected chi connectivity index (χ1v) is 9.41. The zero-order chi connectivity index (χ0) is 20.1. The number of hydrogen-bond donors (Lipinski definition) is 0. The standard InChI is InChI=1S/C22H25N5O/c1-22(2,3)27-20-17-12-8-9-13-18(17)26(21(28)25(4)5)14-15-10-6-7-11-16(15)19(20)23-24-27/h6-13H,14H2,1-5H3. The Kier molecular flexibility index (Phi) is 4.22. The molecule has 3 aromatic rings. The Morgan fingerprint density at radius 2 is 1.64 bits per heavy atom. The van der Waals surface area contributed by atoms with Crippen LogP contribution in [0.2, 0.25) is 0 Å². The number of benzene rings is 2. The highest BCUT2D eigenvalue weighted by molar-refractivity contribution is 5.99. The van der Waals surface area contributed by atoms with Crippen molar-refractivity contribution < 1.29 is 4.79 Å². The summed E-state index contributed by atoms with van der Waals surface area (Å²) < 4.78 is 1.96. The van der Waals surface area contributed by atoms with E-state index in [4.69, 9.17) is 0 Å². The van der Waals surface area contributed by atoms with Gasteiger partial charge in [-0.25, -0.2) is 9.48 Å². The van der Waals surface area contributed by atoms with Gasteiger partial charge in [0, 0.05) is 25.2 Å². The number of carbonyl (C=O) groups is 1. The molecule has 6 heteroatoms. The van der Waals surface area contributed by atoms with Crippen molar-refractivity contribution in [3.8, 4) is 22.5 Å². The van der Waals surface area contributed by atoms with E-state index in [9.17, 15) is 4.79 Å². The molecule has 144 valence electrons. The summed E-state index contributed by atoms with van der Waals surface area (Å²) in [5.41, 5.74) is 5.43. The quantitative estimate of drug-likeness (QED) is 0.586. The molecule has 2 amide bonds. The molecule has 0 spiro atoms. The molecular formula is C22H25N5O. The lowest BCUT2D eigenvalue weighted by Crippen LogP contribution is -2.39. The molecule has 1 aliphatic rings. The van der Waals surface area contributed by atoms with Crippen molar-refractivity contribution in [1.29, 1.82) is 0 Å². The minimum atomic E-state index is -0.252. The Hall–Kier alpha value is -3.15. The number of hydrogen-bond acceptors (Lipinski definition) is 3. The number of para-hydroxylation sites is 1. The second-order valence-corrected chi connectivity index (χ2v) is 8.31. The molecule has 0 bridgehead atoms. The first-order valence-electron chi connectivity index (χ1n) is 9.41. The van der Waals surface area contributed by atoms with E-state index in [1.165, 1.54) is 0 Å². The minimum absolute atomic E-state index is 0.0551. The Bertz CT molecular complexity index is 1050. The van der Waals surface area contributed by atoms with E-state index < -0.39 is 0 Å². The van der Waals surface area contributed by atoms with Crippen LogP contribution in [0.3, 0.4) is 0 Å². The highest BCUT2D eigenvalue weighted by atomic mass is 16.2. The second kappa shape index (κ2) is 6.48. The smallest absolute Gasteiger partial charge is 0.324 e. The molecule has 2 heterocycles. The van der Waals surface area contributed by atoms with Gasteiger partial charge in [0.2, 0.25) is 0 Å². The zero-order valence-electron chi connectivity index (χ0n) is 17.0. The van der Waals surface area contributed by atoms with Crippen LogP contribution in [0.5, 0.6) is 0 Å². The van der Waals surface area contributed by atoms with Gasteiger partial charge in [0.1, 0.15) is 5.69 Å². The van der Waals surface area contributed by atoms with Gasteiger partial charge >= 0.3 is 6.03 Å². The average Bonchev–Trinajstić information content (AvgIpc) is 3.09. The van der Waals surface area contributed by atoms with E-state index in [-0.39, 0.29) is 11.6 Å². The first kappa shape index (κ1) is 18.2. The Morgan fingerprint density at radius 3 is 2.32 bits per heavy atom. The lowest BCUT2D eigenvalue weighted by atomic mass is 9.95. The Labute approximate surface area is 165 Å². The normalized spacial score (nSPS) is 13.1. The van der Waals surface area contributed by atoms with Gasteiger partial charge in [0.15, 0.2) is 0 Å². The summed E-state index contributed by atoms with van der Waals surface area (Å²) in [5, 5.41) is 9.08. The maximum Gasteiger partial charge on any atom is 0.324 e. The van der Waals surface area contributed by atoms with Crippen molar-refractivity contribution in [1.82, 2.24) is 19.9 Å². The summed E-state index contributed by atoms with van der Waals surface area (Å²) in [6.45, 7) is 6.81. The van der Waals surface area contributed by atoms with Gasteiger partial charge in [-0.3, -0.25) is 4.90 Å². The molecule has 0 saturated carbocycles. The van der Waals surface area contributed by atoms with Crippen LogP contribution in [0.15, 0.2) is 48.5 Å². The number of fused-ring (bicyclic) bond motifs is 5. The van der Waals surface area contributed by atoms with Crippen molar-refractivity contribution in [2.45, 2.75) is 32.9 Å². The predicted octanol–water partition coefficient (Wildman–Crippen LogP) is 4.37. The SMILES string of the molecule is CN(C)C(=O)N1Cc2ccccc2-c2nnn(C(C)(C)C)c2-c2ccccc21. The molecule has 1 aliphatic heterocycles. The number of rotatable bonds is 0. The lowest BCUT2D eigenvalue weighted by molar-refractivity contribution is 0.223. The number of carbonyl (C=O) groups excluding carboxylic acids is 1. The maximum atomic E-state index is 13.1. The predicted molar refractivity (Wildman–Crippen MR) is 111 cm³/mol. The van der Waals surface area contributed by atoms with Gasteiger partial charge in [-0.05, 0) is 32.4 Å². The van der Waals surface area contributed by atoms with E-state index in [0.29, 0.717) is 6.54 Å². The topological polar surface area (TPSA) is 54.3 Å². The van der Waals surface area contributed by atoms with Crippen LogP contribution in [-0.4, -0.2) is 40.0 Å². The molecular weight excluding hydrogens is 350 g/mol. The summed E-state index contributed by atoms with van der Waals surface area (Å²) in [6, 6.07) is 16.1. The molecule has 0 atom stereocenters. The average molecular weight is 375 g/mol. The fourth-order valence-electron chi connectivity index (χ4n) is 3.64. The lowest BCUT2D eigenvalue weighted by Gasteiger charge is -2.31. The van der Waals surface area contributed by atoms with E-state index >= 15 is 0 Å². The van der Waals surface area contributed by atoms with E-state index in [2.05, 4.69) is 43.2 Å². The van der Waals surface area contributed by atoms with Crippen molar-refractivity contribution >= 4 is 11.7 Å². The van der Waals surface area contributed by atoms with Crippen LogP contribution in [-0.2, 0) is 12.1 Å². The van der Waals surface area contributed by atoms with E-state index in [0.717, 1.165) is 33.8 Å². The van der Waals surface area contributed by atoms with Crippen molar-refractivity contribution in [2.75, 3.05) is 19.0 Å². The number of amides is 2. The summed E-state index contributed by atoms with van der Waals surface area (Å²) >= 11 is 0. The van der Waals surface area contributed by atoms with Crippen molar-refractivity contribution in [2.24, 2.45) is 0 Å². The first-order chi connectivity index (χ1) is 13.3. The molecule has 0 radical (unpaired) electrons. The van der Waals surface area contributed by atoms with Gasteiger partial charge < -0.3 is 4.90 Å². The van der Waals surface area contributed by atoms with Crippen LogP contribution >= 0.6 is 0 Å². The van der Waals surface area contributed by atoms with Gasteiger partial charge in [-0.1, -0.05) is 47.7 Å². The van der Waals surface area contributed by atoms with Gasteiger partial charge in [-0.15, -0.1) is 5.10 Å². The maximum absolute atomic E-state index is 13.1. The molecule has 0 saturated heterocycles. The van der Waals surface area contributed by atoms with Crippen LogP contribution in [0.4, 0.5) is 10.5 Å². The number of anilines is 1. The third-order valence-electron chi connectivity index (χ3n) is 4.97. The van der Waals surface area contributed by atoms with Crippen LogP contribution in [0.25, 0.3) is 22.5 Å². The number of nitrogens with zero attached hydrogens (tertiary/aromatic N) is 5. The monoisotopic (exact) mass is 375 g/mol. The molecule has 1 aromatic heterocycles. The van der Waals surface area contributed by atoms with E-state index in [1.807, 2.05) is 46.0 Å². The third-order valence-corrected chi connectivity index (χ3v) is 4.97. The highest BCUT2D eigenvalue weighted by Crippen LogP contribution is 2.42. The molecule has 0 fully saturated rings. The highest BCUT2D eigenvalue weighted by Gasteiger charge is 2.32. The largest absolute Gasteiger partial charge is 0.330 e. The molecule has 0 aliphatic carbocycles. The number of aromatic nitrogens is 3. The third kappa shape index (κ3) is 2.85. The Balaban J connectivity index is 2.09. The van der Waals surface area contributed by atoms with E-state index in [1.54, 1.807) is 19.0 Å². The zero-order valence-corrected chi connectivity index (χ0v) is 17.0. The van der Waals surface area contributed by atoms with Gasteiger partial charge in [0.05, 0.1) is 23.5 Å². The number of urea groups is 1. The summed E-state index contributed by atoms with van der Waals surface area (Å²) in [6.07, 6.45) is 0. The summed E-state index contributed by atoms with van der Waals surface area (Å²) in [4.78, 5) is 16.5. The minimum Gasteiger partial charge on any atom is -0.330 e. The van der Waals surface area contributed by atoms with Crippen LogP contribution in [0.1, 0.15) is 26.3 Å². The molecule has 0 N–H and O–H groups in total. The van der Waals surface area contributed by atoms with Crippen molar-refractivity contribution in [3.63, 3.8) is 0 Å².